The Labute approximate surface area is 282 Å². The van der Waals surface area contributed by atoms with Crippen LogP contribution in [0.1, 0.15) is 104 Å². The molecule has 0 N–H and O–H groups in total. The van der Waals surface area contributed by atoms with Crippen LogP contribution in [0.2, 0.25) is 0 Å². The van der Waals surface area contributed by atoms with E-state index in [1.807, 2.05) is 20.8 Å². The van der Waals surface area contributed by atoms with Crippen LogP contribution >= 0.6 is 0 Å². The maximum Gasteiger partial charge on any atom is 0.159 e. The molecule has 1 heterocycles. The molecule has 0 fully saturated rings. The van der Waals surface area contributed by atoms with E-state index in [1.165, 1.54) is 84.7 Å². The number of ketones is 2. The summed E-state index contributed by atoms with van der Waals surface area (Å²) >= 11 is 0. The van der Waals surface area contributed by atoms with Crippen LogP contribution in [0.3, 0.4) is 0 Å². The molecule has 0 bridgehead atoms. The van der Waals surface area contributed by atoms with Crippen LogP contribution in [0.15, 0.2) is 84.9 Å². The number of aryl methyl sites for hydroxylation is 2. The Kier molecular flexibility index (Phi) is 11.5. The number of hydrogen-bond donors (Lipinski definition) is 0. The predicted molar refractivity (Wildman–Crippen MR) is 200 cm³/mol. The molecule has 0 aliphatic heterocycles. The van der Waals surface area contributed by atoms with Crippen molar-refractivity contribution in [1.29, 1.82) is 0 Å². The monoisotopic (exact) mass is 627 g/mol. The van der Waals surface area contributed by atoms with Crippen LogP contribution in [-0.2, 0) is 29.0 Å². The van der Waals surface area contributed by atoms with Crippen molar-refractivity contribution in [3.8, 4) is 22.3 Å². The molecule has 3 heteroatoms. The van der Waals surface area contributed by atoms with E-state index < -0.39 is 5.41 Å². The zero-order valence-electron chi connectivity index (χ0n) is 29.3. The van der Waals surface area contributed by atoms with E-state index in [-0.39, 0.29) is 24.5 Å². The van der Waals surface area contributed by atoms with Crippen molar-refractivity contribution in [2.24, 2.45) is 5.41 Å². The average molecular weight is 628 g/mol. The Bertz CT molecular complexity index is 1690. The Balaban J connectivity index is 1.49. The number of benzene rings is 4. The van der Waals surface area contributed by atoms with Gasteiger partial charge in [0.25, 0.3) is 0 Å². The molecule has 0 aliphatic rings. The third-order valence-electron chi connectivity index (χ3n) is 9.61. The van der Waals surface area contributed by atoms with Crippen LogP contribution in [0.25, 0.3) is 44.1 Å². The summed E-state index contributed by atoms with van der Waals surface area (Å²) in [6.45, 7) is 10.3. The topological polar surface area (TPSA) is 39.1 Å². The Hall–Kier alpha value is -3.98. The molecule has 0 spiro atoms. The lowest BCUT2D eigenvalue weighted by molar-refractivity contribution is -0.131. The summed E-state index contributed by atoms with van der Waals surface area (Å²) in [5.41, 5.74) is 9.02. The number of nitrogens with zero attached hydrogens (tertiary/aromatic N) is 1. The van der Waals surface area contributed by atoms with Crippen LogP contribution in [-0.4, -0.2) is 16.1 Å². The highest BCUT2D eigenvalue weighted by atomic mass is 16.1. The first-order valence-corrected chi connectivity index (χ1v) is 18.0. The zero-order valence-corrected chi connectivity index (χ0v) is 29.3. The smallest absolute Gasteiger partial charge is 0.159 e. The van der Waals surface area contributed by atoms with Gasteiger partial charge in [0.2, 0.25) is 0 Å². The number of carbonyl (C=O) groups excluding carboxylic acids is 2. The van der Waals surface area contributed by atoms with E-state index >= 15 is 0 Å². The summed E-state index contributed by atoms with van der Waals surface area (Å²) in [6, 6.07) is 31.2. The molecule has 0 saturated carbocycles. The van der Waals surface area contributed by atoms with Crippen molar-refractivity contribution in [2.75, 3.05) is 0 Å². The van der Waals surface area contributed by atoms with Crippen molar-refractivity contribution in [1.82, 2.24) is 4.57 Å². The van der Waals surface area contributed by atoms with Gasteiger partial charge in [0, 0.05) is 27.2 Å². The van der Waals surface area contributed by atoms with Crippen molar-refractivity contribution >= 4 is 33.4 Å². The van der Waals surface area contributed by atoms with Gasteiger partial charge in [0.05, 0.1) is 13.0 Å². The summed E-state index contributed by atoms with van der Waals surface area (Å²) in [6.07, 6.45) is 12.4. The van der Waals surface area contributed by atoms with E-state index in [0.29, 0.717) is 0 Å². The van der Waals surface area contributed by atoms with Gasteiger partial charge in [-0.2, -0.15) is 0 Å². The standard InChI is InChI=1S/C44H53NO2/c1-6-8-10-12-14-32-16-20-34(21-17-32)36-24-26-41-39(28-36)40-29-37(35-22-18-33(19-23-35)15-13-11-9-7-2)25-27-42(40)45(41)31-38(46)30-43(47)44(3,4)5/h16-29H,6-15,30-31H2,1-5H3. The second-order valence-electron chi connectivity index (χ2n) is 14.5. The van der Waals surface area contributed by atoms with Crippen LogP contribution in [0.5, 0.6) is 0 Å². The SMILES string of the molecule is CCCCCCc1ccc(-c2ccc3c(c2)c2cc(-c4ccc(CCCCCC)cc4)ccc2n3CC(=O)CC(=O)C(C)(C)C)cc1. The number of unbranched alkanes of at least 4 members (excludes halogenated alkanes) is 6. The number of fused-ring (bicyclic) bond motifs is 3. The molecule has 0 saturated heterocycles. The van der Waals surface area contributed by atoms with Crippen molar-refractivity contribution < 1.29 is 9.59 Å². The second kappa shape index (κ2) is 15.7. The van der Waals surface area contributed by atoms with Crippen LogP contribution in [0, 0.1) is 5.41 Å². The van der Waals surface area contributed by atoms with Crippen LogP contribution < -0.4 is 0 Å². The van der Waals surface area contributed by atoms with Gasteiger partial charge in [-0.05, 0) is 83.3 Å². The molecule has 0 amide bonds. The summed E-state index contributed by atoms with van der Waals surface area (Å²) in [4.78, 5) is 26.0. The lowest BCUT2D eigenvalue weighted by atomic mass is 9.88. The van der Waals surface area contributed by atoms with E-state index in [0.717, 1.165) is 34.6 Å². The molecule has 0 unspecified atom stereocenters. The highest BCUT2D eigenvalue weighted by Crippen LogP contribution is 2.36. The van der Waals surface area contributed by atoms with Gasteiger partial charge in [-0.1, -0.05) is 134 Å². The van der Waals surface area contributed by atoms with E-state index in [1.54, 1.807) is 0 Å². The lowest BCUT2D eigenvalue weighted by Gasteiger charge is -2.16. The highest BCUT2D eigenvalue weighted by Gasteiger charge is 2.24. The number of carbonyl (C=O) groups is 2. The zero-order chi connectivity index (χ0) is 33.4. The minimum absolute atomic E-state index is 0.0181. The largest absolute Gasteiger partial charge is 0.333 e. The fourth-order valence-corrected chi connectivity index (χ4v) is 6.55. The molecule has 1 aromatic heterocycles. The maximum absolute atomic E-state index is 13.3. The summed E-state index contributed by atoms with van der Waals surface area (Å²) in [5.74, 6) is -0.0728. The number of hydrogen-bond acceptors (Lipinski definition) is 2. The second-order valence-corrected chi connectivity index (χ2v) is 14.5. The number of Topliss-reactive ketones (excluding diaryl/α,β-unsaturated/α-hetero) is 2. The van der Waals surface area contributed by atoms with Gasteiger partial charge in [0.1, 0.15) is 5.78 Å². The summed E-state index contributed by atoms with van der Waals surface area (Å²) in [5, 5.41) is 2.26. The average Bonchev–Trinajstić information content (AvgIpc) is 3.37. The molecule has 4 aromatic carbocycles. The quantitative estimate of drug-likeness (QED) is 0.0806. The molecular weight excluding hydrogens is 574 g/mol. The highest BCUT2D eigenvalue weighted by molar-refractivity contribution is 6.11. The van der Waals surface area contributed by atoms with Gasteiger partial charge in [-0.15, -0.1) is 0 Å². The Morgan fingerprint density at radius 1 is 0.553 bits per heavy atom. The third-order valence-corrected chi connectivity index (χ3v) is 9.61. The first-order valence-electron chi connectivity index (χ1n) is 18.0. The van der Waals surface area contributed by atoms with Crippen molar-refractivity contribution in [2.45, 2.75) is 112 Å². The normalized spacial score (nSPS) is 11.9. The predicted octanol–water partition coefficient (Wildman–Crippen LogP) is 11.9. The molecule has 0 aliphatic carbocycles. The van der Waals surface area contributed by atoms with E-state index in [9.17, 15) is 9.59 Å². The van der Waals surface area contributed by atoms with Gasteiger partial charge < -0.3 is 4.57 Å². The Morgan fingerprint density at radius 2 is 0.979 bits per heavy atom. The third kappa shape index (κ3) is 8.69. The van der Waals surface area contributed by atoms with E-state index in [2.05, 4.69) is 103 Å². The molecule has 246 valence electrons. The molecule has 5 rings (SSSR count). The fraction of sp³-hybridized carbons (Fsp3) is 0.409. The first kappa shape index (κ1) is 34.4. The summed E-state index contributed by atoms with van der Waals surface area (Å²) in [7, 11) is 0. The lowest BCUT2D eigenvalue weighted by Crippen LogP contribution is -2.24. The van der Waals surface area contributed by atoms with E-state index in [4.69, 9.17) is 0 Å². The molecule has 0 radical (unpaired) electrons. The van der Waals surface area contributed by atoms with Crippen molar-refractivity contribution in [3.05, 3.63) is 96.1 Å². The van der Waals surface area contributed by atoms with Gasteiger partial charge in [-0.3, -0.25) is 9.59 Å². The molecular formula is C44H53NO2. The molecule has 0 atom stereocenters. The van der Waals surface area contributed by atoms with Gasteiger partial charge in [0.15, 0.2) is 5.78 Å². The number of aromatic nitrogens is 1. The van der Waals surface area contributed by atoms with Gasteiger partial charge in [-0.25, -0.2) is 0 Å². The minimum atomic E-state index is -0.531. The van der Waals surface area contributed by atoms with Gasteiger partial charge >= 0.3 is 0 Å². The first-order chi connectivity index (χ1) is 22.7. The maximum atomic E-state index is 13.3. The molecule has 3 nitrogen and oxygen atoms in total. The molecule has 47 heavy (non-hydrogen) atoms. The fourth-order valence-electron chi connectivity index (χ4n) is 6.55. The summed E-state index contributed by atoms with van der Waals surface area (Å²) < 4.78 is 2.11. The molecule has 5 aromatic rings. The Morgan fingerprint density at radius 3 is 1.38 bits per heavy atom. The number of rotatable bonds is 16. The minimum Gasteiger partial charge on any atom is -0.333 e. The van der Waals surface area contributed by atoms with Crippen LogP contribution in [0.4, 0.5) is 0 Å². The van der Waals surface area contributed by atoms with Crippen molar-refractivity contribution in [3.63, 3.8) is 0 Å².